The van der Waals surface area contributed by atoms with E-state index in [2.05, 4.69) is 20.2 Å². The summed E-state index contributed by atoms with van der Waals surface area (Å²) in [6.45, 7) is -1.57. The third-order valence-corrected chi connectivity index (χ3v) is 5.00. The molecule has 0 spiro atoms. The second-order valence-electron chi connectivity index (χ2n) is 7.33. The van der Waals surface area contributed by atoms with Crippen molar-refractivity contribution in [1.29, 1.82) is 0 Å². The summed E-state index contributed by atoms with van der Waals surface area (Å²) in [5, 5.41) is 9.60. The molecule has 0 aliphatic heterocycles. The zero-order chi connectivity index (χ0) is 23.0. The zero-order valence-corrected chi connectivity index (χ0v) is 16.9. The van der Waals surface area contributed by atoms with Crippen molar-refractivity contribution in [3.63, 3.8) is 0 Å². The van der Waals surface area contributed by atoms with E-state index in [0.717, 1.165) is 11.1 Å². The molecule has 168 valence electrons. The van der Waals surface area contributed by atoms with Crippen LogP contribution in [0.25, 0.3) is 33.8 Å². The van der Waals surface area contributed by atoms with E-state index in [4.69, 9.17) is 4.74 Å². The van der Waals surface area contributed by atoms with Crippen LogP contribution in [0.15, 0.2) is 67.1 Å². The molecule has 0 atom stereocenters. The van der Waals surface area contributed by atoms with Gasteiger partial charge >= 0.3 is 12.3 Å². The third kappa shape index (κ3) is 4.02. The van der Waals surface area contributed by atoms with Crippen LogP contribution in [-0.4, -0.2) is 48.3 Å². The minimum absolute atomic E-state index is 0.218. The van der Waals surface area contributed by atoms with Gasteiger partial charge in [-0.15, -0.1) is 5.10 Å². The molecule has 2 aromatic carbocycles. The summed E-state index contributed by atoms with van der Waals surface area (Å²) in [6.07, 6.45) is -0.527. The van der Waals surface area contributed by atoms with Gasteiger partial charge in [0, 0.05) is 5.56 Å². The van der Waals surface area contributed by atoms with Gasteiger partial charge in [-0.05, 0) is 17.7 Å². The summed E-state index contributed by atoms with van der Waals surface area (Å²) in [5.74, 6) is -3.73. The molecule has 3 heterocycles. The molecule has 11 heteroatoms. The molecule has 0 radical (unpaired) electrons. The van der Waals surface area contributed by atoms with Crippen LogP contribution in [0.3, 0.4) is 0 Å². The number of aromatic nitrogens is 6. The van der Waals surface area contributed by atoms with Gasteiger partial charge in [0.2, 0.25) is 0 Å². The number of nitrogens with zero attached hydrogens (tertiary/aromatic N) is 6. The van der Waals surface area contributed by atoms with Crippen LogP contribution in [0.2, 0.25) is 0 Å². The van der Waals surface area contributed by atoms with Crippen LogP contribution in [0.4, 0.5) is 17.6 Å². The van der Waals surface area contributed by atoms with Gasteiger partial charge in [0.25, 0.3) is 0 Å². The van der Waals surface area contributed by atoms with Crippen molar-refractivity contribution in [2.45, 2.75) is 19.0 Å². The number of alkyl halides is 4. The SMILES string of the molecule is FC(F)C(F)(F)COCc1ccc(-c2nc3c4cnn(-c5ccccc5)c4ncn3n2)cc1. The first kappa shape index (κ1) is 21.0. The van der Waals surface area contributed by atoms with Crippen LogP contribution in [0.5, 0.6) is 0 Å². The van der Waals surface area contributed by atoms with Gasteiger partial charge in [0.1, 0.15) is 12.9 Å². The smallest absolute Gasteiger partial charge is 0.330 e. The molecular formula is C22H16F4N6O. The van der Waals surface area contributed by atoms with Crippen molar-refractivity contribution in [3.05, 3.63) is 72.7 Å². The standard InChI is InChI=1S/C22H16F4N6O/c23-21(24)22(25,26)12-33-11-14-6-8-15(9-7-14)18-29-20-17-10-28-32(16-4-2-1-3-5-16)19(17)27-13-31(20)30-18/h1-10,13,21H,11-12H2. The van der Waals surface area contributed by atoms with Crippen molar-refractivity contribution in [2.75, 3.05) is 6.61 Å². The van der Waals surface area contributed by atoms with Gasteiger partial charge in [-0.1, -0.05) is 42.5 Å². The second-order valence-corrected chi connectivity index (χ2v) is 7.33. The van der Waals surface area contributed by atoms with Crippen molar-refractivity contribution >= 4 is 16.7 Å². The Morgan fingerprint density at radius 3 is 2.45 bits per heavy atom. The largest absolute Gasteiger partial charge is 0.370 e. The highest BCUT2D eigenvalue weighted by Gasteiger charge is 2.40. The molecule has 5 aromatic rings. The maximum atomic E-state index is 12.9. The number of hydrogen-bond donors (Lipinski definition) is 0. The molecule has 0 amide bonds. The Kier molecular flexibility index (Phi) is 5.25. The molecule has 0 aliphatic rings. The number of halogens is 4. The third-order valence-electron chi connectivity index (χ3n) is 5.00. The monoisotopic (exact) mass is 456 g/mol. The first-order valence-electron chi connectivity index (χ1n) is 9.90. The van der Waals surface area contributed by atoms with Crippen LogP contribution in [0, 0.1) is 0 Å². The average molecular weight is 456 g/mol. The van der Waals surface area contributed by atoms with Gasteiger partial charge in [-0.2, -0.15) is 13.9 Å². The summed E-state index contributed by atoms with van der Waals surface area (Å²) >= 11 is 0. The van der Waals surface area contributed by atoms with Crippen LogP contribution < -0.4 is 0 Å². The van der Waals surface area contributed by atoms with Gasteiger partial charge < -0.3 is 4.74 Å². The number of benzene rings is 2. The minimum atomic E-state index is -4.17. The Morgan fingerprint density at radius 2 is 1.73 bits per heavy atom. The molecule has 0 saturated carbocycles. The number of hydrogen-bond acceptors (Lipinski definition) is 5. The Hall–Kier alpha value is -3.86. The summed E-state index contributed by atoms with van der Waals surface area (Å²) in [4.78, 5) is 9.07. The quantitative estimate of drug-likeness (QED) is 0.336. The fraction of sp³-hybridized carbons (Fsp3) is 0.182. The number of fused-ring (bicyclic) bond motifs is 3. The van der Waals surface area contributed by atoms with E-state index in [1.807, 2.05) is 30.3 Å². The molecule has 5 rings (SSSR count). The highest BCUT2D eigenvalue weighted by atomic mass is 19.3. The summed E-state index contributed by atoms with van der Waals surface area (Å²) in [6, 6.07) is 16.3. The molecule has 0 unspecified atom stereocenters. The normalized spacial score (nSPS) is 12.3. The predicted octanol–water partition coefficient (Wildman–Crippen LogP) is 4.55. The molecule has 0 aliphatic carbocycles. The average Bonchev–Trinajstić information content (AvgIpc) is 3.44. The molecule has 3 aromatic heterocycles. The Bertz CT molecular complexity index is 1400. The molecule has 0 saturated heterocycles. The van der Waals surface area contributed by atoms with E-state index in [-0.39, 0.29) is 6.61 Å². The summed E-state index contributed by atoms with van der Waals surface area (Å²) in [7, 11) is 0. The Labute approximate surface area is 184 Å². The van der Waals surface area contributed by atoms with E-state index >= 15 is 0 Å². The van der Waals surface area contributed by atoms with Crippen molar-refractivity contribution < 1.29 is 22.3 Å². The topological polar surface area (TPSA) is 70.1 Å². The fourth-order valence-electron chi connectivity index (χ4n) is 3.32. The van der Waals surface area contributed by atoms with Crippen LogP contribution >= 0.6 is 0 Å². The second kappa shape index (κ2) is 8.24. The van der Waals surface area contributed by atoms with E-state index in [0.29, 0.717) is 28.2 Å². The lowest BCUT2D eigenvalue weighted by Gasteiger charge is -2.15. The van der Waals surface area contributed by atoms with E-state index in [1.165, 1.54) is 0 Å². The molecule has 0 bridgehead atoms. The predicted molar refractivity (Wildman–Crippen MR) is 111 cm³/mol. The highest BCUT2D eigenvalue weighted by molar-refractivity contribution is 5.89. The maximum absolute atomic E-state index is 12.9. The first-order chi connectivity index (χ1) is 15.9. The maximum Gasteiger partial charge on any atom is 0.330 e. The fourth-order valence-corrected chi connectivity index (χ4v) is 3.32. The van der Waals surface area contributed by atoms with Crippen LogP contribution in [0.1, 0.15) is 5.56 Å². The number of para-hydroxylation sites is 1. The number of ether oxygens (including phenoxy) is 1. The van der Waals surface area contributed by atoms with Gasteiger partial charge in [0.15, 0.2) is 17.1 Å². The summed E-state index contributed by atoms with van der Waals surface area (Å²) in [5.41, 5.74) is 3.33. The van der Waals surface area contributed by atoms with Crippen molar-refractivity contribution in [1.82, 2.24) is 29.4 Å². The lowest BCUT2D eigenvalue weighted by atomic mass is 10.1. The Morgan fingerprint density at radius 1 is 0.970 bits per heavy atom. The number of rotatable bonds is 7. The molecular weight excluding hydrogens is 440 g/mol. The van der Waals surface area contributed by atoms with Crippen molar-refractivity contribution in [3.8, 4) is 17.1 Å². The Balaban J connectivity index is 1.38. The van der Waals surface area contributed by atoms with E-state index in [1.54, 1.807) is 46.0 Å². The first-order valence-corrected chi connectivity index (χ1v) is 9.90. The lowest BCUT2D eigenvalue weighted by Crippen LogP contribution is -2.32. The van der Waals surface area contributed by atoms with E-state index in [9.17, 15) is 17.6 Å². The molecule has 33 heavy (non-hydrogen) atoms. The van der Waals surface area contributed by atoms with Crippen LogP contribution in [-0.2, 0) is 11.3 Å². The van der Waals surface area contributed by atoms with Gasteiger partial charge in [-0.3, -0.25) is 0 Å². The highest BCUT2D eigenvalue weighted by Crippen LogP contribution is 2.25. The molecule has 7 nitrogen and oxygen atoms in total. The van der Waals surface area contributed by atoms with Gasteiger partial charge in [-0.25, -0.2) is 27.9 Å². The molecule has 0 N–H and O–H groups in total. The minimum Gasteiger partial charge on any atom is -0.370 e. The molecule has 0 fully saturated rings. The zero-order valence-electron chi connectivity index (χ0n) is 16.9. The van der Waals surface area contributed by atoms with E-state index < -0.39 is 19.0 Å². The summed E-state index contributed by atoms with van der Waals surface area (Å²) < 4.78 is 58.3. The van der Waals surface area contributed by atoms with Gasteiger partial charge in [0.05, 0.1) is 23.9 Å². The van der Waals surface area contributed by atoms with Crippen molar-refractivity contribution in [2.24, 2.45) is 0 Å². The lowest BCUT2D eigenvalue weighted by molar-refractivity contribution is -0.168.